The predicted molar refractivity (Wildman–Crippen MR) is 134 cm³/mol. The second-order valence-corrected chi connectivity index (χ2v) is 7.99. The lowest BCUT2D eigenvalue weighted by Crippen LogP contribution is -2.29. The van der Waals surface area contributed by atoms with Crippen molar-refractivity contribution in [3.05, 3.63) is 77.9 Å². The van der Waals surface area contributed by atoms with Crippen molar-refractivity contribution in [3.8, 4) is 34.3 Å². The van der Waals surface area contributed by atoms with Crippen LogP contribution in [0.3, 0.4) is 0 Å². The Hall–Kier alpha value is -4.59. The van der Waals surface area contributed by atoms with Crippen LogP contribution in [-0.4, -0.2) is 40.1 Å². The van der Waals surface area contributed by atoms with Gasteiger partial charge in [-0.15, -0.1) is 0 Å². The molecule has 8 heteroatoms. The summed E-state index contributed by atoms with van der Waals surface area (Å²) in [4.78, 5) is 32.3. The third kappa shape index (κ3) is 4.46. The first-order valence-electron chi connectivity index (χ1n) is 11.0. The molecule has 0 bridgehead atoms. The molecular formula is C27H23N5O3. The maximum Gasteiger partial charge on any atom is 0.224 e. The van der Waals surface area contributed by atoms with Crippen molar-refractivity contribution in [2.45, 2.75) is 13.5 Å². The molecule has 0 fully saturated rings. The summed E-state index contributed by atoms with van der Waals surface area (Å²) in [6, 6.07) is 13.4. The van der Waals surface area contributed by atoms with Gasteiger partial charge in [-0.2, -0.15) is 0 Å². The molecule has 0 spiro atoms. The lowest BCUT2D eigenvalue weighted by Gasteiger charge is -2.26. The van der Waals surface area contributed by atoms with E-state index in [9.17, 15) is 4.79 Å². The van der Waals surface area contributed by atoms with Gasteiger partial charge < -0.3 is 14.4 Å². The molecule has 0 N–H and O–H groups in total. The Morgan fingerprint density at radius 1 is 0.829 bits per heavy atom. The summed E-state index contributed by atoms with van der Waals surface area (Å²) in [5, 5.41) is 0. The first-order chi connectivity index (χ1) is 17.1. The van der Waals surface area contributed by atoms with Crippen LogP contribution in [0.1, 0.15) is 23.7 Å². The molecule has 0 saturated carbocycles. The number of benzene rings is 1. The molecule has 4 aromatic rings. The van der Waals surface area contributed by atoms with Crippen LogP contribution in [-0.2, 0) is 11.3 Å². The fraction of sp³-hybridized carbons (Fsp3) is 0.148. The number of carbonyl (C=O) groups is 1. The van der Waals surface area contributed by atoms with E-state index in [1.165, 1.54) is 0 Å². The molecule has 8 nitrogen and oxygen atoms in total. The monoisotopic (exact) mass is 465 g/mol. The van der Waals surface area contributed by atoms with Crippen molar-refractivity contribution in [2.75, 3.05) is 19.1 Å². The molecule has 0 saturated heterocycles. The smallest absolute Gasteiger partial charge is 0.224 e. The topological polar surface area (TPSA) is 90.3 Å². The van der Waals surface area contributed by atoms with E-state index in [2.05, 4.69) is 15.0 Å². The van der Waals surface area contributed by atoms with E-state index in [-0.39, 0.29) is 5.91 Å². The summed E-state index contributed by atoms with van der Waals surface area (Å²) in [7, 11) is 3.16. The highest BCUT2D eigenvalue weighted by atomic mass is 16.5. The molecule has 0 atom stereocenters. The lowest BCUT2D eigenvalue weighted by atomic mass is 10.00. The fourth-order valence-electron chi connectivity index (χ4n) is 3.93. The van der Waals surface area contributed by atoms with Gasteiger partial charge in [0.05, 0.1) is 32.1 Å². The Labute approximate surface area is 202 Å². The highest BCUT2D eigenvalue weighted by Crippen LogP contribution is 2.33. The molecule has 5 rings (SSSR count). The Morgan fingerprint density at radius 3 is 2.14 bits per heavy atom. The minimum absolute atomic E-state index is 0.0686. The molecule has 4 heterocycles. The molecule has 35 heavy (non-hydrogen) atoms. The van der Waals surface area contributed by atoms with E-state index in [0.717, 1.165) is 39.2 Å². The van der Waals surface area contributed by atoms with Crippen molar-refractivity contribution in [1.29, 1.82) is 0 Å². The number of aromatic nitrogens is 4. The molecule has 1 aromatic carbocycles. The van der Waals surface area contributed by atoms with Crippen molar-refractivity contribution in [1.82, 2.24) is 19.9 Å². The van der Waals surface area contributed by atoms with Crippen LogP contribution in [0.2, 0.25) is 0 Å². The summed E-state index contributed by atoms with van der Waals surface area (Å²) in [5.41, 5.74) is 6.02. The predicted octanol–water partition coefficient (Wildman–Crippen LogP) is 4.65. The van der Waals surface area contributed by atoms with E-state index in [1.807, 2.05) is 48.6 Å². The molecule has 0 radical (unpaired) electrons. The van der Waals surface area contributed by atoms with Gasteiger partial charge in [0.15, 0.2) is 5.82 Å². The first kappa shape index (κ1) is 22.2. The number of methoxy groups -OCH3 is 2. The Balaban J connectivity index is 1.54. The van der Waals surface area contributed by atoms with E-state index < -0.39 is 0 Å². The highest BCUT2D eigenvalue weighted by Gasteiger charge is 2.21. The maximum atomic E-state index is 12.7. The van der Waals surface area contributed by atoms with E-state index in [4.69, 9.17) is 14.5 Å². The molecule has 1 aliphatic heterocycles. The van der Waals surface area contributed by atoms with Gasteiger partial charge in [-0.3, -0.25) is 4.79 Å². The summed E-state index contributed by atoms with van der Waals surface area (Å²) in [6.07, 6.45) is 9.14. The van der Waals surface area contributed by atoms with Gasteiger partial charge in [0.25, 0.3) is 0 Å². The van der Waals surface area contributed by atoms with Crippen LogP contribution < -0.4 is 14.4 Å². The van der Waals surface area contributed by atoms with E-state index in [1.54, 1.807) is 50.7 Å². The maximum absolute atomic E-state index is 12.7. The van der Waals surface area contributed by atoms with Crippen molar-refractivity contribution in [2.24, 2.45) is 0 Å². The Morgan fingerprint density at radius 2 is 1.51 bits per heavy atom. The summed E-state index contributed by atoms with van der Waals surface area (Å²) >= 11 is 0. The van der Waals surface area contributed by atoms with Gasteiger partial charge in [-0.25, -0.2) is 19.9 Å². The first-order valence-corrected chi connectivity index (χ1v) is 11.0. The average molecular weight is 466 g/mol. The number of anilines is 1. The number of carbonyl (C=O) groups excluding carboxylic acids is 1. The van der Waals surface area contributed by atoms with Crippen molar-refractivity contribution >= 4 is 23.7 Å². The zero-order chi connectivity index (χ0) is 24.4. The highest BCUT2D eigenvalue weighted by molar-refractivity contribution is 5.96. The average Bonchev–Trinajstić information content (AvgIpc) is 2.89. The second kappa shape index (κ2) is 9.34. The number of amides is 1. The third-order valence-electron chi connectivity index (χ3n) is 5.83. The van der Waals surface area contributed by atoms with Gasteiger partial charge >= 0.3 is 0 Å². The molecular weight excluding hydrogens is 442 g/mol. The van der Waals surface area contributed by atoms with Gasteiger partial charge in [0, 0.05) is 54.3 Å². The number of nitrogens with zero attached hydrogens (tertiary/aromatic N) is 5. The minimum Gasteiger partial charge on any atom is -0.481 e. The molecule has 174 valence electrons. The van der Waals surface area contributed by atoms with Gasteiger partial charge in [0.1, 0.15) is 0 Å². The standard InChI is InChI=1S/C27H23N5O3/c1-17(33)32-16-22-15-30-27(21-8-11-26(35-3)29-14-21)31-23(22)9-6-18-4-5-19(12-24(18)32)20-7-10-25(34-2)28-13-20/h4-15H,16H2,1-3H3. The van der Waals surface area contributed by atoms with Crippen LogP contribution in [0.15, 0.2) is 61.1 Å². The number of fused-ring (bicyclic) bond motifs is 2. The zero-order valence-corrected chi connectivity index (χ0v) is 19.6. The number of hydrogen-bond acceptors (Lipinski definition) is 7. The molecule has 0 unspecified atom stereocenters. The van der Waals surface area contributed by atoms with Gasteiger partial charge in [-0.05, 0) is 35.4 Å². The summed E-state index contributed by atoms with van der Waals surface area (Å²) < 4.78 is 10.3. The van der Waals surface area contributed by atoms with E-state index >= 15 is 0 Å². The van der Waals surface area contributed by atoms with Gasteiger partial charge in [0.2, 0.25) is 17.7 Å². The van der Waals surface area contributed by atoms with Crippen LogP contribution in [0.5, 0.6) is 11.8 Å². The van der Waals surface area contributed by atoms with Crippen LogP contribution in [0.4, 0.5) is 5.69 Å². The largest absolute Gasteiger partial charge is 0.481 e. The molecule has 3 aromatic heterocycles. The minimum atomic E-state index is -0.0686. The van der Waals surface area contributed by atoms with E-state index in [0.29, 0.717) is 24.1 Å². The molecule has 1 aliphatic rings. The SMILES string of the molecule is COc1ccc(-c2ccc3c(c2)N(C(C)=O)Cc2cnc(-c4ccc(OC)nc4)nc2C=C3)cn1. The number of rotatable bonds is 4. The molecule has 0 aliphatic carbocycles. The quantitative estimate of drug-likeness (QED) is 0.433. The zero-order valence-electron chi connectivity index (χ0n) is 19.6. The Bertz CT molecular complexity index is 1420. The number of ether oxygens (including phenoxy) is 2. The fourth-order valence-corrected chi connectivity index (χ4v) is 3.93. The summed E-state index contributed by atoms with van der Waals surface area (Å²) in [6.45, 7) is 1.92. The second-order valence-electron chi connectivity index (χ2n) is 7.99. The van der Waals surface area contributed by atoms with Crippen molar-refractivity contribution < 1.29 is 14.3 Å². The number of pyridine rings is 2. The van der Waals surface area contributed by atoms with Crippen LogP contribution in [0.25, 0.3) is 34.7 Å². The normalized spacial score (nSPS) is 12.3. The van der Waals surface area contributed by atoms with Crippen LogP contribution >= 0.6 is 0 Å². The summed E-state index contributed by atoms with van der Waals surface area (Å²) in [5.74, 6) is 1.56. The van der Waals surface area contributed by atoms with Crippen LogP contribution in [0, 0.1) is 0 Å². The third-order valence-corrected chi connectivity index (χ3v) is 5.83. The van der Waals surface area contributed by atoms with Gasteiger partial charge in [-0.1, -0.05) is 18.2 Å². The lowest BCUT2D eigenvalue weighted by molar-refractivity contribution is -0.116. The van der Waals surface area contributed by atoms with Crippen molar-refractivity contribution in [3.63, 3.8) is 0 Å². The molecule has 1 amide bonds. The number of hydrogen-bond donors (Lipinski definition) is 0. The Kier molecular flexibility index (Phi) is 5.93.